The van der Waals surface area contributed by atoms with Crippen molar-refractivity contribution in [2.45, 2.75) is 39.5 Å². The Morgan fingerprint density at radius 2 is 1.95 bits per heavy atom. The number of carbonyl (C=O) groups excluding carboxylic acids is 1. The minimum Gasteiger partial charge on any atom is -0.497 e. The molecular formula is C26H33N5O6S. The van der Waals surface area contributed by atoms with Gasteiger partial charge < -0.3 is 28.8 Å². The second-order valence-electron chi connectivity index (χ2n) is 9.63. The van der Waals surface area contributed by atoms with Crippen molar-refractivity contribution in [1.29, 1.82) is 0 Å². The summed E-state index contributed by atoms with van der Waals surface area (Å²) in [6, 6.07) is 7.58. The first-order valence-electron chi connectivity index (χ1n) is 12.3. The molecule has 3 heterocycles. The third kappa shape index (κ3) is 6.69. The zero-order chi connectivity index (χ0) is 27.3. The molecule has 204 valence electrons. The molecule has 0 aliphatic rings. The van der Waals surface area contributed by atoms with Gasteiger partial charge in [-0.2, -0.15) is 5.10 Å². The van der Waals surface area contributed by atoms with Crippen LogP contribution in [-0.2, 0) is 34.4 Å². The average molecular weight is 544 g/mol. The quantitative estimate of drug-likeness (QED) is 0.286. The number of carbonyl (C=O) groups is 1. The van der Waals surface area contributed by atoms with Crippen molar-refractivity contribution in [1.82, 2.24) is 24.6 Å². The van der Waals surface area contributed by atoms with E-state index >= 15 is 0 Å². The van der Waals surface area contributed by atoms with Crippen LogP contribution in [0, 0.1) is 0 Å². The first-order chi connectivity index (χ1) is 18.2. The fourth-order valence-electron chi connectivity index (χ4n) is 3.87. The monoisotopic (exact) mass is 543 g/mol. The van der Waals surface area contributed by atoms with Crippen LogP contribution in [-0.4, -0.2) is 64.5 Å². The highest BCUT2D eigenvalue weighted by atomic mass is 32.1. The van der Waals surface area contributed by atoms with Gasteiger partial charge in [-0.25, -0.2) is 14.5 Å². The number of alkyl carbamates (subject to hydrolysis) is 1. The van der Waals surface area contributed by atoms with E-state index in [0.717, 1.165) is 32.1 Å². The number of rotatable bonds is 11. The number of aromatic nitrogens is 4. The minimum absolute atomic E-state index is 0.172. The van der Waals surface area contributed by atoms with Gasteiger partial charge in [0.25, 0.3) is 5.56 Å². The van der Waals surface area contributed by atoms with E-state index in [-0.39, 0.29) is 5.56 Å². The first kappa shape index (κ1) is 27.6. The molecule has 0 radical (unpaired) electrons. The van der Waals surface area contributed by atoms with Gasteiger partial charge >= 0.3 is 6.09 Å². The highest BCUT2D eigenvalue weighted by Crippen LogP contribution is 2.31. The van der Waals surface area contributed by atoms with E-state index in [1.807, 2.05) is 56.7 Å². The van der Waals surface area contributed by atoms with Crippen LogP contribution in [0.15, 0.2) is 35.3 Å². The Bertz CT molecular complexity index is 1470. The standard InChI is InChI=1S/C26H33N5O6S/c1-26(2,3)37-25(33)27-9-10-35-11-12-36-16-20-29-23-22(38-20)19-14-28-31(24(32)21(19)30(23)4)15-17-7-6-8-18(13-17)34-5/h6-8,13-14H,9-12,15-16H2,1-5H3,(H,27,33). The predicted molar refractivity (Wildman–Crippen MR) is 145 cm³/mol. The largest absolute Gasteiger partial charge is 0.497 e. The number of fused-ring (bicyclic) bond motifs is 3. The van der Waals surface area contributed by atoms with E-state index < -0.39 is 11.7 Å². The SMILES string of the molecule is COc1cccc(Cn2ncc3c4sc(COCCOCCNC(=O)OC(C)(C)C)nc4n(C)c3c2=O)c1. The smallest absolute Gasteiger partial charge is 0.407 e. The fraction of sp³-hybridized carbons (Fsp3) is 0.462. The molecule has 0 bridgehead atoms. The molecule has 1 N–H and O–H groups in total. The van der Waals surface area contributed by atoms with Crippen LogP contribution in [0.4, 0.5) is 4.79 Å². The molecule has 0 saturated carbocycles. The summed E-state index contributed by atoms with van der Waals surface area (Å²) in [5.74, 6) is 0.733. The molecule has 0 fully saturated rings. The fourth-order valence-corrected chi connectivity index (χ4v) is 4.91. The summed E-state index contributed by atoms with van der Waals surface area (Å²) in [5, 5.41) is 8.64. The highest BCUT2D eigenvalue weighted by molar-refractivity contribution is 7.19. The van der Waals surface area contributed by atoms with Crippen LogP contribution in [0.5, 0.6) is 5.75 Å². The lowest BCUT2D eigenvalue weighted by Gasteiger charge is -2.19. The Morgan fingerprint density at radius 3 is 2.71 bits per heavy atom. The molecule has 0 unspecified atom stereocenters. The number of benzene rings is 1. The lowest BCUT2D eigenvalue weighted by atomic mass is 10.2. The molecule has 0 aliphatic heterocycles. The Kier molecular flexibility index (Phi) is 8.65. The number of ether oxygens (including phenoxy) is 4. The van der Waals surface area contributed by atoms with Crippen molar-refractivity contribution >= 4 is 38.7 Å². The molecule has 12 heteroatoms. The van der Waals surface area contributed by atoms with Gasteiger partial charge in [0.1, 0.15) is 21.9 Å². The molecular weight excluding hydrogens is 510 g/mol. The van der Waals surface area contributed by atoms with Gasteiger partial charge in [-0.15, -0.1) is 11.3 Å². The second kappa shape index (κ2) is 11.9. The first-order valence-corrected chi connectivity index (χ1v) is 13.1. The van der Waals surface area contributed by atoms with Gasteiger partial charge in [0.05, 0.1) is 51.0 Å². The third-order valence-electron chi connectivity index (χ3n) is 5.55. The molecule has 0 aliphatic carbocycles. The number of nitrogens with zero attached hydrogens (tertiary/aromatic N) is 4. The van der Waals surface area contributed by atoms with Crippen LogP contribution in [0.2, 0.25) is 0 Å². The van der Waals surface area contributed by atoms with Crippen LogP contribution >= 0.6 is 11.3 Å². The third-order valence-corrected chi connectivity index (χ3v) is 6.60. The maximum atomic E-state index is 13.2. The summed E-state index contributed by atoms with van der Waals surface area (Å²) < 4.78 is 25.8. The minimum atomic E-state index is -0.529. The summed E-state index contributed by atoms with van der Waals surface area (Å²) in [5.41, 5.74) is 1.52. The lowest BCUT2D eigenvalue weighted by molar-refractivity contribution is 0.0355. The second-order valence-corrected chi connectivity index (χ2v) is 10.7. The molecule has 1 aromatic carbocycles. The summed E-state index contributed by atoms with van der Waals surface area (Å²) in [7, 11) is 3.45. The maximum Gasteiger partial charge on any atom is 0.407 e. The normalized spacial score (nSPS) is 11.8. The van der Waals surface area contributed by atoms with E-state index in [1.54, 1.807) is 13.3 Å². The van der Waals surface area contributed by atoms with Gasteiger partial charge in [0.2, 0.25) is 0 Å². The summed E-state index contributed by atoms with van der Waals surface area (Å²) in [6.07, 6.45) is 1.26. The van der Waals surface area contributed by atoms with Crippen molar-refractivity contribution < 1.29 is 23.7 Å². The summed E-state index contributed by atoms with van der Waals surface area (Å²) in [6.45, 7) is 7.61. The van der Waals surface area contributed by atoms with E-state index in [1.165, 1.54) is 16.0 Å². The van der Waals surface area contributed by atoms with Crippen LogP contribution < -0.4 is 15.6 Å². The van der Waals surface area contributed by atoms with Crippen LogP contribution in [0.3, 0.4) is 0 Å². The summed E-state index contributed by atoms with van der Waals surface area (Å²) >= 11 is 1.49. The van der Waals surface area contributed by atoms with Gasteiger partial charge in [0, 0.05) is 19.0 Å². The van der Waals surface area contributed by atoms with Crippen molar-refractivity contribution in [3.63, 3.8) is 0 Å². The van der Waals surface area contributed by atoms with E-state index in [2.05, 4.69) is 15.4 Å². The maximum absolute atomic E-state index is 13.2. The van der Waals surface area contributed by atoms with E-state index in [4.69, 9.17) is 18.9 Å². The number of nitrogens with one attached hydrogen (secondary N) is 1. The number of methoxy groups -OCH3 is 1. The van der Waals surface area contributed by atoms with Crippen molar-refractivity contribution in [3.8, 4) is 5.75 Å². The highest BCUT2D eigenvalue weighted by Gasteiger charge is 2.19. The molecule has 38 heavy (non-hydrogen) atoms. The van der Waals surface area contributed by atoms with Crippen molar-refractivity contribution in [2.75, 3.05) is 33.5 Å². The molecule has 11 nitrogen and oxygen atoms in total. The number of aryl methyl sites for hydroxylation is 1. The Labute approximate surface area is 224 Å². The Balaban J connectivity index is 1.30. The van der Waals surface area contributed by atoms with Gasteiger partial charge in [-0.3, -0.25) is 4.79 Å². The molecule has 0 saturated heterocycles. The predicted octanol–water partition coefficient (Wildman–Crippen LogP) is 3.46. The Hall–Kier alpha value is -3.48. The number of hydrogen-bond donors (Lipinski definition) is 1. The van der Waals surface area contributed by atoms with Crippen molar-refractivity contribution in [2.24, 2.45) is 7.05 Å². The molecule has 0 spiro atoms. The number of thiazole rings is 1. The molecule has 4 rings (SSSR count). The molecule has 0 atom stereocenters. The molecule has 4 aromatic rings. The number of hydrogen-bond acceptors (Lipinski definition) is 9. The van der Waals surface area contributed by atoms with Crippen LogP contribution in [0.25, 0.3) is 21.3 Å². The van der Waals surface area contributed by atoms with Gasteiger partial charge in [0.15, 0.2) is 5.65 Å². The van der Waals surface area contributed by atoms with Crippen molar-refractivity contribution in [3.05, 3.63) is 51.4 Å². The lowest BCUT2D eigenvalue weighted by Crippen LogP contribution is -2.34. The molecule has 1 amide bonds. The van der Waals surface area contributed by atoms with E-state index in [9.17, 15) is 9.59 Å². The summed E-state index contributed by atoms with van der Waals surface area (Å²) in [4.78, 5) is 29.5. The van der Waals surface area contributed by atoms with E-state index in [0.29, 0.717) is 45.0 Å². The average Bonchev–Trinajstić information content (AvgIpc) is 3.39. The van der Waals surface area contributed by atoms with Gasteiger partial charge in [-0.1, -0.05) is 12.1 Å². The zero-order valence-electron chi connectivity index (χ0n) is 22.3. The molecule has 3 aromatic heterocycles. The zero-order valence-corrected chi connectivity index (χ0v) is 23.1. The van der Waals surface area contributed by atoms with Crippen LogP contribution in [0.1, 0.15) is 31.3 Å². The topological polar surface area (TPSA) is 119 Å². The number of amides is 1. The Morgan fingerprint density at radius 1 is 1.16 bits per heavy atom. The van der Waals surface area contributed by atoms with Gasteiger partial charge in [-0.05, 0) is 38.5 Å².